The van der Waals surface area contributed by atoms with Crippen LogP contribution in [0.2, 0.25) is 0 Å². The zero-order chi connectivity index (χ0) is 13.0. The van der Waals surface area contributed by atoms with Crippen molar-refractivity contribution in [2.45, 2.75) is 17.2 Å². The van der Waals surface area contributed by atoms with Crippen molar-refractivity contribution in [1.82, 2.24) is 5.32 Å². The highest BCUT2D eigenvalue weighted by atomic mass is 32.2. The first-order valence-corrected chi connectivity index (χ1v) is 7.27. The summed E-state index contributed by atoms with van der Waals surface area (Å²) in [7, 11) is -1.52. The third-order valence-corrected chi connectivity index (χ3v) is 4.16. The minimum absolute atomic E-state index is 0.110. The fraction of sp³-hybridized carbons (Fsp3) is 0.231. The molecule has 0 radical (unpaired) electrons. The number of sulfone groups is 1. The van der Waals surface area contributed by atoms with E-state index in [1.807, 2.05) is 7.05 Å². The van der Waals surface area contributed by atoms with Crippen LogP contribution < -0.4 is 5.32 Å². The van der Waals surface area contributed by atoms with Gasteiger partial charge in [-0.3, -0.25) is 0 Å². The molecule has 1 aromatic heterocycles. The summed E-state index contributed by atoms with van der Waals surface area (Å²) < 4.78 is 29.6. The van der Waals surface area contributed by atoms with E-state index < -0.39 is 9.84 Å². The standard InChI is InChI=1S/C13H15NO3S/c1-14-9-11-7-8-12(17-11)10-18(15,16)13-5-3-2-4-6-13/h2-8,14H,9-10H2,1H3. The Bertz CT molecular complexity index is 602. The van der Waals surface area contributed by atoms with Crippen LogP contribution in [0.1, 0.15) is 11.5 Å². The minimum Gasteiger partial charge on any atom is -0.464 e. The summed E-state index contributed by atoms with van der Waals surface area (Å²) in [4.78, 5) is 0.316. The van der Waals surface area contributed by atoms with Gasteiger partial charge in [-0.05, 0) is 31.3 Å². The second kappa shape index (κ2) is 5.37. The maximum atomic E-state index is 12.1. The summed E-state index contributed by atoms with van der Waals surface area (Å²) in [6, 6.07) is 11.9. The van der Waals surface area contributed by atoms with Crippen molar-refractivity contribution in [3.8, 4) is 0 Å². The van der Waals surface area contributed by atoms with E-state index in [2.05, 4.69) is 5.32 Å². The average molecular weight is 265 g/mol. The zero-order valence-electron chi connectivity index (χ0n) is 10.1. The first kappa shape index (κ1) is 12.9. The number of furan rings is 1. The molecular weight excluding hydrogens is 250 g/mol. The molecule has 0 fully saturated rings. The molecule has 0 saturated heterocycles. The van der Waals surface area contributed by atoms with Crippen LogP contribution in [0.3, 0.4) is 0 Å². The van der Waals surface area contributed by atoms with Crippen molar-refractivity contribution in [3.63, 3.8) is 0 Å². The van der Waals surface area contributed by atoms with Gasteiger partial charge in [0.1, 0.15) is 17.3 Å². The molecule has 18 heavy (non-hydrogen) atoms. The maximum absolute atomic E-state index is 12.1. The number of rotatable bonds is 5. The van der Waals surface area contributed by atoms with Crippen LogP contribution in [-0.4, -0.2) is 15.5 Å². The molecule has 2 rings (SSSR count). The summed E-state index contributed by atoms with van der Waals surface area (Å²) in [6.07, 6.45) is 0. The van der Waals surface area contributed by atoms with Gasteiger partial charge in [-0.25, -0.2) is 8.42 Å². The van der Waals surface area contributed by atoms with Crippen molar-refractivity contribution in [1.29, 1.82) is 0 Å². The normalized spacial score (nSPS) is 11.6. The SMILES string of the molecule is CNCc1ccc(CS(=O)(=O)c2ccccc2)o1. The number of hydrogen-bond acceptors (Lipinski definition) is 4. The summed E-state index contributed by atoms with van der Waals surface area (Å²) >= 11 is 0. The highest BCUT2D eigenvalue weighted by Gasteiger charge is 2.17. The van der Waals surface area contributed by atoms with Gasteiger partial charge >= 0.3 is 0 Å². The van der Waals surface area contributed by atoms with Crippen molar-refractivity contribution in [2.24, 2.45) is 0 Å². The fourth-order valence-corrected chi connectivity index (χ4v) is 2.94. The summed E-state index contributed by atoms with van der Waals surface area (Å²) in [5.74, 6) is 1.08. The summed E-state index contributed by atoms with van der Waals surface area (Å²) in [5.41, 5.74) is 0. The van der Waals surface area contributed by atoms with Gasteiger partial charge in [-0.1, -0.05) is 18.2 Å². The highest BCUT2D eigenvalue weighted by Crippen LogP contribution is 2.17. The molecular formula is C13H15NO3S. The molecule has 0 aliphatic heterocycles. The third-order valence-electron chi connectivity index (χ3n) is 2.50. The lowest BCUT2D eigenvalue weighted by molar-refractivity contribution is 0.465. The molecule has 5 heteroatoms. The van der Waals surface area contributed by atoms with Crippen LogP contribution in [0.4, 0.5) is 0 Å². The molecule has 0 aliphatic carbocycles. The monoisotopic (exact) mass is 265 g/mol. The third kappa shape index (κ3) is 3.00. The van der Waals surface area contributed by atoms with E-state index in [9.17, 15) is 8.42 Å². The molecule has 0 spiro atoms. The Morgan fingerprint density at radius 2 is 1.72 bits per heavy atom. The molecule has 0 aliphatic rings. The second-order valence-corrected chi connectivity index (χ2v) is 5.96. The Labute approximate surface area is 107 Å². The lowest BCUT2D eigenvalue weighted by Crippen LogP contribution is -2.05. The van der Waals surface area contributed by atoms with Crippen molar-refractivity contribution in [3.05, 3.63) is 54.0 Å². The molecule has 0 amide bonds. The van der Waals surface area contributed by atoms with E-state index in [4.69, 9.17) is 4.42 Å². The molecule has 0 atom stereocenters. The molecule has 0 bridgehead atoms. The van der Waals surface area contributed by atoms with Gasteiger partial charge in [0, 0.05) is 0 Å². The van der Waals surface area contributed by atoms with E-state index in [0.29, 0.717) is 17.2 Å². The lowest BCUT2D eigenvalue weighted by Gasteiger charge is -2.02. The molecule has 1 heterocycles. The van der Waals surface area contributed by atoms with Gasteiger partial charge in [-0.15, -0.1) is 0 Å². The number of benzene rings is 1. The summed E-state index contributed by atoms with van der Waals surface area (Å²) in [5, 5.41) is 2.95. The Hall–Kier alpha value is -1.59. The van der Waals surface area contributed by atoms with Gasteiger partial charge in [0.25, 0.3) is 0 Å². The van der Waals surface area contributed by atoms with E-state index in [0.717, 1.165) is 5.76 Å². The van der Waals surface area contributed by atoms with E-state index in [-0.39, 0.29) is 5.75 Å². The second-order valence-electron chi connectivity index (χ2n) is 3.97. The van der Waals surface area contributed by atoms with E-state index in [1.165, 1.54) is 0 Å². The number of nitrogens with one attached hydrogen (secondary N) is 1. The predicted molar refractivity (Wildman–Crippen MR) is 68.8 cm³/mol. The fourth-order valence-electron chi connectivity index (χ4n) is 1.67. The van der Waals surface area contributed by atoms with Crippen LogP contribution in [0, 0.1) is 0 Å². The zero-order valence-corrected chi connectivity index (χ0v) is 10.9. The van der Waals surface area contributed by atoms with Gasteiger partial charge in [0.2, 0.25) is 0 Å². The van der Waals surface area contributed by atoms with Crippen LogP contribution in [0.25, 0.3) is 0 Å². The number of hydrogen-bond donors (Lipinski definition) is 1. The highest BCUT2D eigenvalue weighted by molar-refractivity contribution is 7.90. The Balaban J connectivity index is 2.17. The first-order chi connectivity index (χ1) is 8.62. The van der Waals surface area contributed by atoms with E-state index >= 15 is 0 Å². The van der Waals surface area contributed by atoms with Gasteiger partial charge < -0.3 is 9.73 Å². The van der Waals surface area contributed by atoms with Crippen molar-refractivity contribution >= 4 is 9.84 Å². The van der Waals surface area contributed by atoms with Crippen LogP contribution >= 0.6 is 0 Å². The molecule has 2 aromatic rings. The smallest absolute Gasteiger partial charge is 0.185 e. The topological polar surface area (TPSA) is 59.3 Å². The van der Waals surface area contributed by atoms with Gasteiger partial charge in [0.15, 0.2) is 9.84 Å². The van der Waals surface area contributed by atoms with Crippen LogP contribution in [0.15, 0.2) is 51.8 Å². The van der Waals surface area contributed by atoms with E-state index in [1.54, 1.807) is 42.5 Å². The Morgan fingerprint density at radius 1 is 1.06 bits per heavy atom. The largest absolute Gasteiger partial charge is 0.464 e. The summed E-state index contributed by atoms with van der Waals surface area (Å²) in [6.45, 7) is 0.589. The first-order valence-electron chi connectivity index (χ1n) is 5.62. The lowest BCUT2D eigenvalue weighted by atomic mass is 10.4. The Morgan fingerprint density at radius 3 is 2.39 bits per heavy atom. The predicted octanol–water partition coefficient (Wildman–Crippen LogP) is 1.97. The molecule has 96 valence electrons. The molecule has 4 nitrogen and oxygen atoms in total. The average Bonchev–Trinajstić information content (AvgIpc) is 2.77. The Kier molecular flexibility index (Phi) is 3.84. The van der Waals surface area contributed by atoms with Crippen LogP contribution in [-0.2, 0) is 22.1 Å². The molecule has 1 aromatic carbocycles. The van der Waals surface area contributed by atoms with Crippen molar-refractivity contribution < 1.29 is 12.8 Å². The van der Waals surface area contributed by atoms with Crippen molar-refractivity contribution in [2.75, 3.05) is 7.05 Å². The maximum Gasteiger partial charge on any atom is 0.185 e. The van der Waals surface area contributed by atoms with Gasteiger partial charge in [-0.2, -0.15) is 0 Å². The molecule has 0 saturated carbocycles. The van der Waals surface area contributed by atoms with Crippen LogP contribution in [0.5, 0.6) is 0 Å². The molecule has 0 unspecified atom stereocenters. The van der Waals surface area contributed by atoms with Gasteiger partial charge in [0.05, 0.1) is 11.4 Å². The molecule has 1 N–H and O–H groups in total. The minimum atomic E-state index is -3.33. The quantitative estimate of drug-likeness (QED) is 0.898.